The van der Waals surface area contributed by atoms with Gasteiger partial charge in [0.25, 0.3) is 0 Å². The SMILES string of the molecule is CN=C(NCC(c1ccccc1)N1CCC(C)CC1)N1CCOC(C2CCCO2)C1.I. The fraction of sp³-hybridized carbons (Fsp3) is 0.708. The van der Waals surface area contributed by atoms with Gasteiger partial charge in [-0.05, 0) is 50.3 Å². The van der Waals surface area contributed by atoms with E-state index in [-0.39, 0.29) is 36.2 Å². The van der Waals surface area contributed by atoms with Crippen LogP contribution in [0.5, 0.6) is 0 Å². The molecule has 3 aliphatic rings. The summed E-state index contributed by atoms with van der Waals surface area (Å²) in [5, 5.41) is 3.70. The van der Waals surface area contributed by atoms with Gasteiger partial charge >= 0.3 is 0 Å². The number of nitrogens with zero attached hydrogens (tertiary/aromatic N) is 3. The molecule has 0 aromatic heterocycles. The van der Waals surface area contributed by atoms with Gasteiger partial charge in [0.15, 0.2) is 5.96 Å². The number of likely N-dealkylation sites (tertiary alicyclic amines) is 1. The first-order chi connectivity index (χ1) is 14.7. The summed E-state index contributed by atoms with van der Waals surface area (Å²) in [5.74, 6) is 1.81. The Bertz CT molecular complexity index is 675. The predicted octanol–water partition coefficient (Wildman–Crippen LogP) is 3.53. The Labute approximate surface area is 204 Å². The van der Waals surface area contributed by atoms with Gasteiger partial charge in [0.2, 0.25) is 0 Å². The van der Waals surface area contributed by atoms with Crippen molar-refractivity contribution in [2.24, 2.45) is 10.9 Å². The number of piperidine rings is 1. The number of rotatable bonds is 5. The summed E-state index contributed by atoms with van der Waals surface area (Å²) in [4.78, 5) is 9.60. The molecule has 174 valence electrons. The van der Waals surface area contributed by atoms with E-state index in [9.17, 15) is 0 Å². The molecule has 6 nitrogen and oxygen atoms in total. The lowest BCUT2D eigenvalue weighted by atomic mass is 9.95. The van der Waals surface area contributed by atoms with Crippen molar-refractivity contribution >= 4 is 29.9 Å². The zero-order valence-corrected chi connectivity index (χ0v) is 21.4. The molecule has 3 heterocycles. The quantitative estimate of drug-likeness (QED) is 0.351. The van der Waals surface area contributed by atoms with Crippen molar-refractivity contribution in [3.8, 4) is 0 Å². The highest BCUT2D eigenvalue weighted by molar-refractivity contribution is 14.0. The van der Waals surface area contributed by atoms with E-state index in [4.69, 9.17) is 9.47 Å². The van der Waals surface area contributed by atoms with Gasteiger partial charge in [0.05, 0.1) is 18.8 Å². The minimum Gasteiger partial charge on any atom is -0.375 e. The number of hydrogen-bond acceptors (Lipinski definition) is 4. The summed E-state index contributed by atoms with van der Waals surface area (Å²) >= 11 is 0. The second-order valence-electron chi connectivity index (χ2n) is 8.98. The summed E-state index contributed by atoms with van der Waals surface area (Å²) in [6, 6.07) is 11.3. The standard InChI is InChI=1S/C24H38N4O2.HI/c1-19-10-12-27(13-11-19)21(20-7-4-3-5-8-20)17-26-24(25-2)28-14-16-30-23(18-28)22-9-6-15-29-22;/h3-5,7-8,19,21-23H,6,9-18H2,1-2H3,(H,25,26);1H. The second kappa shape index (κ2) is 12.4. The molecule has 31 heavy (non-hydrogen) atoms. The molecular weight excluding hydrogens is 503 g/mol. The molecule has 0 amide bonds. The van der Waals surface area contributed by atoms with Crippen LogP contribution in [0.2, 0.25) is 0 Å². The number of ether oxygens (including phenoxy) is 2. The Morgan fingerprint density at radius 1 is 1.06 bits per heavy atom. The molecule has 3 atom stereocenters. The molecule has 0 bridgehead atoms. The van der Waals surface area contributed by atoms with Gasteiger partial charge in [-0.25, -0.2) is 0 Å². The summed E-state index contributed by atoms with van der Waals surface area (Å²) in [6.07, 6.45) is 5.19. The van der Waals surface area contributed by atoms with Crippen molar-refractivity contribution in [1.29, 1.82) is 0 Å². The molecule has 0 radical (unpaired) electrons. The van der Waals surface area contributed by atoms with Crippen LogP contribution in [0.15, 0.2) is 35.3 Å². The lowest BCUT2D eigenvalue weighted by Crippen LogP contribution is -2.54. The first-order valence-corrected chi connectivity index (χ1v) is 11.7. The molecule has 1 N–H and O–H groups in total. The van der Waals surface area contributed by atoms with Crippen molar-refractivity contribution < 1.29 is 9.47 Å². The van der Waals surface area contributed by atoms with Crippen molar-refractivity contribution in [3.63, 3.8) is 0 Å². The Balaban J connectivity index is 0.00000272. The maximum absolute atomic E-state index is 6.03. The molecule has 1 aromatic carbocycles. The van der Waals surface area contributed by atoms with Gasteiger partial charge in [-0.1, -0.05) is 37.3 Å². The van der Waals surface area contributed by atoms with Crippen LogP contribution in [0.4, 0.5) is 0 Å². The number of morpholine rings is 1. The number of aliphatic imine (C=N–C) groups is 1. The smallest absolute Gasteiger partial charge is 0.193 e. The van der Waals surface area contributed by atoms with Crippen molar-refractivity contribution in [3.05, 3.63) is 35.9 Å². The van der Waals surface area contributed by atoms with Crippen LogP contribution in [-0.4, -0.2) is 81.0 Å². The van der Waals surface area contributed by atoms with Crippen molar-refractivity contribution in [2.75, 3.05) is 53.0 Å². The van der Waals surface area contributed by atoms with Crippen LogP contribution >= 0.6 is 24.0 Å². The molecular formula is C24H39IN4O2. The molecule has 7 heteroatoms. The van der Waals surface area contributed by atoms with Crippen LogP contribution in [0.25, 0.3) is 0 Å². The van der Waals surface area contributed by atoms with Gasteiger partial charge in [-0.2, -0.15) is 0 Å². The number of benzene rings is 1. The fourth-order valence-corrected chi connectivity index (χ4v) is 4.98. The average Bonchev–Trinajstić information content (AvgIpc) is 3.34. The van der Waals surface area contributed by atoms with Crippen LogP contribution < -0.4 is 5.32 Å². The van der Waals surface area contributed by atoms with Gasteiger partial charge in [0.1, 0.15) is 6.10 Å². The Morgan fingerprint density at radius 2 is 1.81 bits per heavy atom. The number of halogens is 1. The molecule has 0 spiro atoms. The zero-order chi connectivity index (χ0) is 20.8. The summed E-state index contributed by atoms with van der Waals surface area (Å²) in [5.41, 5.74) is 1.38. The minimum atomic E-state index is 0. The third-order valence-electron chi connectivity index (χ3n) is 6.88. The van der Waals surface area contributed by atoms with Crippen molar-refractivity contribution in [2.45, 2.75) is 50.9 Å². The first kappa shape index (κ1) is 24.7. The van der Waals surface area contributed by atoms with Gasteiger partial charge in [-0.3, -0.25) is 9.89 Å². The van der Waals surface area contributed by atoms with E-state index in [0.717, 1.165) is 57.6 Å². The third-order valence-corrected chi connectivity index (χ3v) is 6.88. The van der Waals surface area contributed by atoms with Gasteiger partial charge in [-0.15, -0.1) is 24.0 Å². The highest BCUT2D eigenvalue weighted by atomic mass is 127. The second-order valence-corrected chi connectivity index (χ2v) is 8.98. The van der Waals surface area contributed by atoms with E-state index in [1.807, 2.05) is 7.05 Å². The van der Waals surface area contributed by atoms with Crippen LogP contribution in [0.3, 0.4) is 0 Å². The Kier molecular flexibility index (Phi) is 9.87. The maximum Gasteiger partial charge on any atom is 0.193 e. The Hall–Kier alpha value is -0.900. The number of hydrogen-bond donors (Lipinski definition) is 1. The molecule has 3 saturated heterocycles. The average molecular weight is 543 g/mol. The van der Waals surface area contributed by atoms with Crippen LogP contribution in [0, 0.1) is 5.92 Å². The van der Waals surface area contributed by atoms with E-state index in [1.165, 1.54) is 31.5 Å². The third kappa shape index (κ3) is 6.55. The number of guanidine groups is 1. The van der Waals surface area contributed by atoms with Crippen LogP contribution in [-0.2, 0) is 9.47 Å². The maximum atomic E-state index is 6.03. The van der Waals surface area contributed by atoms with E-state index in [0.29, 0.717) is 6.04 Å². The normalized spacial score (nSPS) is 27.0. The molecule has 3 fully saturated rings. The predicted molar refractivity (Wildman–Crippen MR) is 136 cm³/mol. The van der Waals surface area contributed by atoms with Gasteiger partial charge < -0.3 is 19.7 Å². The summed E-state index contributed by atoms with van der Waals surface area (Å²) in [6.45, 7) is 8.90. The minimum absolute atomic E-state index is 0. The summed E-state index contributed by atoms with van der Waals surface area (Å²) < 4.78 is 11.9. The lowest BCUT2D eigenvalue weighted by molar-refractivity contribution is -0.0817. The molecule has 3 aliphatic heterocycles. The highest BCUT2D eigenvalue weighted by Crippen LogP contribution is 2.26. The highest BCUT2D eigenvalue weighted by Gasteiger charge is 2.32. The topological polar surface area (TPSA) is 49.3 Å². The van der Waals surface area contributed by atoms with E-state index in [2.05, 4.69) is 57.4 Å². The van der Waals surface area contributed by atoms with E-state index in [1.54, 1.807) is 0 Å². The molecule has 0 aliphatic carbocycles. The zero-order valence-electron chi connectivity index (χ0n) is 19.0. The van der Waals surface area contributed by atoms with Crippen molar-refractivity contribution in [1.82, 2.24) is 15.1 Å². The largest absolute Gasteiger partial charge is 0.375 e. The fourth-order valence-electron chi connectivity index (χ4n) is 4.98. The lowest BCUT2D eigenvalue weighted by Gasteiger charge is -2.39. The summed E-state index contributed by atoms with van der Waals surface area (Å²) in [7, 11) is 1.89. The molecule has 3 unspecified atom stereocenters. The monoisotopic (exact) mass is 542 g/mol. The van der Waals surface area contributed by atoms with Gasteiger partial charge in [0, 0.05) is 33.3 Å². The number of nitrogens with one attached hydrogen (secondary N) is 1. The van der Waals surface area contributed by atoms with Crippen LogP contribution in [0.1, 0.15) is 44.2 Å². The molecule has 1 aromatic rings. The van der Waals surface area contributed by atoms with E-state index < -0.39 is 0 Å². The Morgan fingerprint density at radius 3 is 2.48 bits per heavy atom. The molecule has 0 saturated carbocycles. The van der Waals surface area contributed by atoms with E-state index >= 15 is 0 Å². The molecule has 4 rings (SSSR count). The first-order valence-electron chi connectivity index (χ1n) is 11.7.